The number of rotatable bonds is 5. The van der Waals surface area contributed by atoms with Gasteiger partial charge in [0.05, 0.1) is 5.54 Å². The van der Waals surface area contributed by atoms with E-state index in [1.54, 1.807) is 0 Å². The standard InChI is InChI=1S/C15H26N2/c1-6-13-7-9-14(10-8-13)17(5)15(4,11-16)12(2)3/h7-10,12H,6,11,16H2,1-5H3. The maximum Gasteiger partial charge on any atom is 0.0515 e. The van der Waals surface area contributed by atoms with Crippen LogP contribution < -0.4 is 10.6 Å². The number of nitrogens with zero attached hydrogens (tertiary/aromatic N) is 1. The Labute approximate surface area is 106 Å². The molecule has 0 heterocycles. The summed E-state index contributed by atoms with van der Waals surface area (Å²) in [5.74, 6) is 0.517. The molecule has 2 heteroatoms. The summed E-state index contributed by atoms with van der Waals surface area (Å²) in [6, 6.07) is 8.77. The van der Waals surface area contributed by atoms with E-state index >= 15 is 0 Å². The molecule has 1 unspecified atom stereocenters. The van der Waals surface area contributed by atoms with Gasteiger partial charge in [0.2, 0.25) is 0 Å². The molecule has 0 aliphatic carbocycles. The first-order chi connectivity index (χ1) is 7.95. The molecule has 1 atom stereocenters. The van der Waals surface area contributed by atoms with Gasteiger partial charge in [-0.2, -0.15) is 0 Å². The molecule has 2 nitrogen and oxygen atoms in total. The van der Waals surface area contributed by atoms with Crippen LogP contribution >= 0.6 is 0 Å². The highest BCUT2D eigenvalue weighted by Gasteiger charge is 2.31. The highest BCUT2D eigenvalue weighted by Crippen LogP contribution is 2.28. The molecule has 2 N–H and O–H groups in total. The topological polar surface area (TPSA) is 29.3 Å². The van der Waals surface area contributed by atoms with Crippen molar-refractivity contribution in [1.29, 1.82) is 0 Å². The Morgan fingerprint density at radius 2 is 1.76 bits per heavy atom. The molecule has 0 aromatic heterocycles. The third-order valence-electron chi connectivity index (χ3n) is 4.16. The van der Waals surface area contributed by atoms with Gasteiger partial charge in [0.15, 0.2) is 0 Å². The van der Waals surface area contributed by atoms with Crippen LogP contribution in [-0.2, 0) is 6.42 Å². The van der Waals surface area contributed by atoms with Gasteiger partial charge in [0.1, 0.15) is 0 Å². The van der Waals surface area contributed by atoms with Gasteiger partial charge >= 0.3 is 0 Å². The predicted molar refractivity (Wildman–Crippen MR) is 76.5 cm³/mol. The summed E-state index contributed by atoms with van der Waals surface area (Å²) in [7, 11) is 2.13. The number of hydrogen-bond acceptors (Lipinski definition) is 2. The normalized spacial score (nSPS) is 14.8. The molecule has 17 heavy (non-hydrogen) atoms. The fourth-order valence-electron chi connectivity index (χ4n) is 2.01. The minimum absolute atomic E-state index is 0.00767. The van der Waals surface area contributed by atoms with E-state index in [-0.39, 0.29) is 5.54 Å². The van der Waals surface area contributed by atoms with Crippen molar-refractivity contribution in [1.82, 2.24) is 0 Å². The first-order valence-electron chi connectivity index (χ1n) is 6.48. The molecule has 0 fully saturated rings. The van der Waals surface area contributed by atoms with Gasteiger partial charge in [-0.15, -0.1) is 0 Å². The van der Waals surface area contributed by atoms with Crippen LogP contribution in [0.3, 0.4) is 0 Å². The molecular formula is C15H26N2. The zero-order valence-electron chi connectivity index (χ0n) is 11.8. The van der Waals surface area contributed by atoms with Crippen molar-refractivity contribution in [3.63, 3.8) is 0 Å². The second-order valence-corrected chi connectivity index (χ2v) is 5.30. The number of likely N-dealkylation sites (N-methyl/N-ethyl adjacent to an activating group) is 1. The number of anilines is 1. The van der Waals surface area contributed by atoms with Crippen LogP contribution in [0.4, 0.5) is 5.69 Å². The molecule has 1 rings (SSSR count). The van der Waals surface area contributed by atoms with Crippen molar-refractivity contribution in [2.75, 3.05) is 18.5 Å². The molecule has 96 valence electrons. The lowest BCUT2D eigenvalue weighted by Gasteiger charge is -2.43. The molecule has 1 aromatic carbocycles. The minimum atomic E-state index is 0.00767. The van der Waals surface area contributed by atoms with E-state index in [4.69, 9.17) is 5.73 Å². The van der Waals surface area contributed by atoms with Gasteiger partial charge in [0, 0.05) is 19.3 Å². The maximum absolute atomic E-state index is 5.96. The summed E-state index contributed by atoms with van der Waals surface area (Å²) in [6.45, 7) is 9.52. The second-order valence-electron chi connectivity index (χ2n) is 5.30. The van der Waals surface area contributed by atoms with Crippen molar-refractivity contribution >= 4 is 5.69 Å². The fraction of sp³-hybridized carbons (Fsp3) is 0.600. The van der Waals surface area contributed by atoms with Gasteiger partial charge in [-0.05, 0) is 37.0 Å². The number of hydrogen-bond donors (Lipinski definition) is 1. The van der Waals surface area contributed by atoms with Crippen LogP contribution in [0.2, 0.25) is 0 Å². The predicted octanol–water partition coefficient (Wildman–Crippen LogP) is 3.06. The van der Waals surface area contributed by atoms with Crippen LogP contribution in [0.5, 0.6) is 0 Å². The molecule has 0 spiro atoms. The molecule has 0 aliphatic rings. The van der Waals surface area contributed by atoms with Gasteiger partial charge in [-0.1, -0.05) is 32.9 Å². The molecule has 0 radical (unpaired) electrons. The van der Waals surface area contributed by atoms with Gasteiger partial charge in [0.25, 0.3) is 0 Å². The first-order valence-corrected chi connectivity index (χ1v) is 6.48. The van der Waals surface area contributed by atoms with Crippen LogP contribution in [0.25, 0.3) is 0 Å². The Kier molecular flexibility index (Phi) is 4.58. The van der Waals surface area contributed by atoms with Gasteiger partial charge in [-0.25, -0.2) is 0 Å². The van der Waals surface area contributed by atoms with Crippen molar-refractivity contribution in [3.05, 3.63) is 29.8 Å². The van der Waals surface area contributed by atoms with E-state index in [0.717, 1.165) is 6.42 Å². The van der Waals surface area contributed by atoms with Gasteiger partial charge < -0.3 is 10.6 Å². The average molecular weight is 234 g/mol. The molecule has 0 saturated heterocycles. The zero-order valence-corrected chi connectivity index (χ0v) is 11.8. The van der Waals surface area contributed by atoms with E-state index in [0.29, 0.717) is 12.5 Å². The average Bonchev–Trinajstić information content (AvgIpc) is 2.36. The first kappa shape index (κ1) is 14.0. The lowest BCUT2D eigenvalue weighted by Crippen LogP contribution is -2.53. The minimum Gasteiger partial charge on any atom is -0.368 e. The fourth-order valence-corrected chi connectivity index (χ4v) is 2.01. The molecule has 1 aromatic rings. The quantitative estimate of drug-likeness (QED) is 0.848. The SMILES string of the molecule is CCc1ccc(N(C)C(C)(CN)C(C)C)cc1. The monoisotopic (exact) mass is 234 g/mol. The highest BCUT2D eigenvalue weighted by molar-refractivity contribution is 5.49. The van der Waals surface area contributed by atoms with Crippen molar-refractivity contribution < 1.29 is 0 Å². The largest absolute Gasteiger partial charge is 0.368 e. The molecule has 0 bridgehead atoms. The van der Waals surface area contributed by atoms with Crippen LogP contribution in [0.15, 0.2) is 24.3 Å². The Morgan fingerprint density at radius 3 is 2.12 bits per heavy atom. The third kappa shape index (κ3) is 2.81. The summed E-state index contributed by atoms with van der Waals surface area (Å²) in [5, 5.41) is 0. The lowest BCUT2D eigenvalue weighted by atomic mass is 9.86. The Hall–Kier alpha value is -1.02. The van der Waals surface area contributed by atoms with Gasteiger partial charge in [-0.3, -0.25) is 0 Å². The number of nitrogens with two attached hydrogens (primary N) is 1. The summed E-state index contributed by atoms with van der Waals surface area (Å²) in [5.41, 5.74) is 8.58. The summed E-state index contributed by atoms with van der Waals surface area (Å²) >= 11 is 0. The number of benzene rings is 1. The van der Waals surface area contributed by atoms with E-state index in [9.17, 15) is 0 Å². The molecule has 0 amide bonds. The summed E-state index contributed by atoms with van der Waals surface area (Å²) < 4.78 is 0. The van der Waals surface area contributed by atoms with E-state index in [1.807, 2.05) is 0 Å². The van der Waals surface area contributed by atoms with Crippen molar-refractivity contribution in [3.8, 4) is 0 Å². The van der Waals surface area contributed by atoms with Crippen molar-refractivity contribution in [2.24, 2.45) is 11.7 Å². The van der Waals surface area contributed by atoms with Crippen LogP contribution in [0.1, 0.15) is 33.3 Å². The Morgan fingerprint density at radius 1 is 1.24 bits per heavy atom. The smallest absolute Gasteiger partial charge is 0.0515 e. The van der Waals surface area contributed by atoms with E-state index < -0.39 is 0 Å². The summed E-state index contributed by atoms with van der Waals surface area (Å²) in [4.78, 5) is 2.30. The van der Waals surface area contributed by atoms with Crippen molar-refractivity contribution in [2.45, 2.75) is 39.7 Å². The van der Waals surface area contributed by atoms with E-state index in [1.165, 1.54) is 11.3 Å². The van der Waals surface area contributed by atoms with Crippen LogP contribution in [-0.4, -0.2) is 19.1 Å². The Bertz CT molecular complexity index is 342. The lowest BCUT2D eigenvalue weighted by molar-refractivity contribution is 0.333. The maximum atomic E-state index is 5.96. The zero-order chi connectivity index (χ0) is 13.1. The third-order valence-corrected chi connectivity index (χ3v) is 4.16. The highest BCUT2D eigenvalue weighted by atomic mass is 15.2. The molecular weight excluding hydrogens is 208 g/mol. The molecule has 0 saturated carbocycles. The number of aryl methyl sites for hydroxylation is 1. The second kappa shape index (κ2) is 5.54. The van der Waals surface area contributed by atoms with E-state index in [2.05, 4.69) is 63.9 Å². The Balaban J connectivity index is 2.97. The summed E-state index contributed by atoms with van der Waals surface area (Å²) in [6.07, 6.45) is 1.09. The van der Waals surface area contributed by atoms with Crippen LogP contribution in [0, 0.1) is 5.92 Å². The molecule has 0 aliphatic heterocycles.